The fraction of sp³-hybridized carbons (Fsp3) is 0.364. The van der Waals surface area contributed by atoms with Gasteiger partial charge in [0.15, 0.2) is 0 Å². The number of halogens is 1. The van der Waals surface area contributed by atoms with E-state index < -0.39 is 5.41 Å². The lowest BCUT2D eigenvalue weighted by Crippen LogP contribution is -2.41. The van der Waals surface area contributed by atoms with Crippen molar-refractivity contribution in [2.45, 2.75) is 39.5 Å². The molecular weight excluding hydrogens is 343 g/mol. The highest BCUT2D eigenvalue weighted by Crippen LogP contribution is 2.47. The number of benzene rings is 2. The molecule has 142 valence electrons. The smallest absolute Gasteiger partial charge is 0.240 e. The second-order valence-corrected chi connectivity index (χ2v) is 7.10. The van der Waals surface area contributed by atoms with Gasteiger partial charge in [-0.15, -0.1) is 0 Å². The van der Waals surface area contributed by atoms with Gasteiger partial charge in [-0.3, -0.25) is 9.59 Å². The monoisotopic (exact) mass is 368 g/mol. The lowest BCUT2D eigenvalue weighted by molar-refractivity contribution is -0.134. The van der Waals surface area contributed by atoms with Crippen molar-refractivity contribution in [3.8, 4) is 0 Å². The third-order valence-corrected chi connectivity index (χ3v) is 5.24. The largest absolute Gasteiger partial charge is 0.355 e. The maximum absolute atomic E-state index is 13.7. The van der Waals surface area contributed by atoms with E-state index in [0.717, 1.165) is 23.2 Å². The minimum atomic E-state index is -0.997. The van der Waals surface area contributed by atoms with Crippen molar-refractivity contribution in [3.63, 3.8) is 0 Å². The summed E-state index contributed by atoms with van der Waals surface area (Å²) in [4.78, 5) is 25.4. The summed E-state index contributed by atoms with van der Waals surface area (Å²) in [5, 5.41) is 5.78. The molecule has 1 aliphatic carbocycles. The number of aryl methyl sites for hydroxylation is 2. The molecule has 1 aliphatic rings. The van der Waals surface area contributed by atoms with E-state index in [1.807, 2.05) is 32.0 Å². The Balaban J connectivity index is 1.62. The molecule has 3 rings (SSSR count). The van der Waals surface area contributed by atoms with Crippen molar-refractivity contribution in [2.75, 3.05) is 11.9 Å². The maximum Gasteiger partial charge on any atom is 0.240 e. The summed E-state index contributed by atoms with van der Waals surface area (Å²) in [5.74, 6) is -0.810. The van der Waals surface area contributed by atoms with E-state index in [-0.39, 0.29) is 17.6 Å². The number of para-hydroxylation sites is 1. The molecule has 0 atom stereocenters. The first-order valence-corrected chi connectivity index (χ1v) is 9.39. The highest BCUT2D eigenvalue weighted by molar-refractivity contribution is 6.13. The zero-order valence-electron chi connectivity index (χ0n) is 15.8. The molecule has 27 heavy (non-hydrogen) atoms. The van der Waals surface area contributed by atoms with Crippen LogP contribution in [0.2, 0.25) is 0 Å². The Hall–Kier alpha value is -2.69. The molecule has 0 radical (unpaired) electrons. The van der Waals surface area contributed by atoms with E-state index in [1.165, 1.54) is 6.07 Å². The minimum absolute atomic E-state index is 0.255. The van der Waals surface area contributed by atoms with Crippen molar-refractivity contribution >= 4 is 17.5 Å². The minimum Gasteiger partial charge on any atom is -0.355 e. The topological polar surface area (TPSA) is 58.2 Å². The molecule has 5 heteroatoms. The number of carbonyl (C=O) groups excluding carboxylic acids is 2. The van der Waals surface area contributed by atoms with Crippen LogP contribution in [-0.4, -0.2) is 18.4 Å². The van der Waals surface area contributed by atoms with Gasteiger partial charge in [0.25, 0.3) is 0 Å². The summed E-state index contributed by atoms with van der Waals surface area (Å²) in [7, 11) is 0. The van der Waals surface area contributed by atoms with Crippen LogP contribution in [0.3, 0.4) is 0 Å². The zero-order valence-corrected chi connectivity index (χ0v) is 15.8. The molecule has 0 spiro atoms. The number of nitrogens with one attached hydrogen (secondary N) is 2. The van der Waals surface area contributed by atoms with Crippen LogP contribution in [0, 0.1) is 18.2 Å². The average molecular weight is 368 g/mol. The van der Waals surface area contributed by atoms with Crippen LogP contribution in [0.15, 0.2) is 42.5 Å². The van der Waals surface area contributed by atoms with Gasteiger partial charge in [0.2, 0.25) is 11.8 Å². The summed E-state index contributed by atoms with van der Waals surface area (Å²) in [6.07, 6.45) is 2.28. The quantitative estimate of drug-likeness (QED) is 0.731. The zero-order chi connectivity index (χ0) is 19.4. The summed E-state index contributed by atoms with van der Waals surface area (Å²) >= 11 is 0. The number of amides is 2. The predicted molar refractivity (Wildman–Crippen MR) is 104 cm³/mol. The van der Waals surface area contributed by atoms with Gasteiger partial charge in [0, 0.05) is 12.2 Å². The third kappa shape index (κ3) is 4.02. The first-order valence-electron chi connectivity index (χ1n) is 9.39. The second kappa shape index (κ2) is 7.91. The molecule has 0 bridgehead atoms. The number of rotatable bonds is 7. The molecule has 0 aromatic heterocycles. The summed E-state index contributed by atoms with van der Waals surface area (Å²) in [6.45, 7) is 4.29. The lowest BCUT2D eigenvalue weighted by Gasteiger charge is -2.18. The van der Waals surface area contributed by atoms with Crippen molar-refractivity contribution < 1.29 is 14.0 Å². The van der Waals surface area contributed by atoms with Crippen LogP contribution >= 0.6 is 0 Å². The number of anilines is 1. The van der Waals surface area contributed by atoms with E-state index in [0.29, 0.717) is 31.4 Å². The van der Waals surface area contributed by atoms with Gasteiger partial charge in [-0.1, -0.05) is 43.3 Å². The van der Waals surface area contributed by atoms with Crippen molar-refractivity contribution in [1.82, 2.24) is 5.32 Å². The van der Waals surface area contributed by atoms with Gasteiger partial charge < -0.3 is 10.6 Å². The standard InChI is InChI=1S/C22H25FN2O2/c1-3-16-9-6-7-15(2)19(16)25-21(27)22(12-13-22)20(26)24-14-11-17-8-4-5-10-18(17)23/h4-10H,3,11-14H2,1-2H3,(H,24,26)(H,25,27). The van der Waals surface area contributed by atoms with Crippen molar-refractivity contribution in [2.24, 2.45) is 5.41 Å². The summed E-state index contributed by atoms with van der Waals surface area (Å²) in [6, 6.07) is 12.4. The molecular formula is C22H25FN2O2. The molecule has 4 nitrogen and oxygen atoms in total. The maximum atomic E-state index is 13.7. The van der Waals surface area contributed by atoms with Gasteiger partial charge in [0.1, 0.15) is 11.2 Å². The van der Waals surface area contributed by atoms with Crippen LogP contribution in [0.25, 0.3) is 0 Å². The van der Waals surface area contributed by atoms with Gasteiger partial charge in [-0.2, -0.15) is 0 Å². The van der Waals surface area contributed by atoms with Crippen LogP contribution in [0.5, 0.6) is 0 Å². The summed E-state index contributed by atoms with van der Waals surface area (Å²) < 4.78 is 13.7. The van der Waals surface area contributed by atoms with Gasteiger partial charge in [0.05, 0.1) is 0 Å². The van der Waals surface area contributed by atoms with E-state index in [9.17, 15) is 14.0 Å². The molecule has 0 unspecified atom stereocenters. The molecule has 1 saturated carbocycles. The first-order chi connectivity index (χ1) is 13.0. The normalized spacial score (nSPS) is 14.5. The van der Waals surface area contributed by atoms with Crippen LogP contribution in [0.4, 0.5) is 10.1 Å². The number of hydrogen-bond acceptors (Lipinski definition) is 2. The molecule has 2 aromatic carbocycles. The Kier molecular flexibility index (Phi) is 5.59. The van der Waals surface area contributed by atoms with E-state index in [4.69, 9.17) is 0 Å². The highest BCUT2D eigenvalue weighted by atomic mass is 19.1. The number of hydrogen-bond donors (Lipinski definition) is 2. The molecule has 1 fully saturated rings. The molecule has 2 amide bonds. The Morgan fingerprint density at radius 1 is 1.04 bits per heavy atom. The second-order valence-electron chi connectivity index (χ2n) is 7.10. The van der Waals surface area contributed by atoms with Gasteiger partial charge in [-0.25, -0.2) is 4.39 Å². The number of carbonyl (C=O) groups is 2. The van der Waals surface area contributed by atoms with E-state index >= 15 is 0 Å². The average Bonchev–Trinajstić information content (AvgIpc) is 3.47. The van der Waals surface area contributed by atoms with Crippen molar-refractivity contribution in [3.05, 3.63) is 65.0 Å². The Morgan fingerprint density at radius 3 is 2.41 bits per heavy atom. The Labute approximate surface area is 159 Å². The predicted octanol–water partition coefficient (Wildman–Crippen LogP) is 3.77. The van der Waals surface area contributed by atoms with Crippen LogP contribution in [0.1, 0.15) is 36.5 Å². The van der Waals surface area contributed by atoms with Gasteiger partial charge >= 0.3 is 0 Å². The first kappa shape index (κ1) is 19.1. The third-order valence-electron chi connectivity index (χ3n) is 5.24. The molecule has 0 heterocycles. The Morgan fingerprint density at radius 2 is 1.74 bits per heavy atom. The van der Waals surface area contributed by atoms with E-state index in [1.54, 1.807) is 18.2 Å². The van der Waals surface area contributed by atoms with Crippen LogP contribution < -0.4 is 10.6 Å². The SMILES string of the molecule is CCc1cccc(C)c1NC(=O)C1(C(=O)NCCc2ccccc2F)CC1. The highest BCUT2D eigenvalue weighted by Gasteiger charge is 2.56. The van der Waals surface area contributed by atoms with Crippen LogP contribution in [-0.2, 0) is 22.4 Å². The lowest BCUT2D eigenvalue weighted by atomic mass is 10.0. The fourth-order valence-electron chi connectivity index (χ4n) is 3.30. The van der Waals surface area contributed by atoms with Gasteiger partial charge in [-0.05, 0) is 55.4 Å². The van der Waals surface area contributed by atoms with E-state index in [2.05, 4.69) is 10.6 Å². The van der Waals surface area contributed by atoms with Crippen molar-refractivity contribution in [1.29, 1.82) is 0 Å². The molecule has 0 saturated heterocycles. The molecule has 0 aliphatic heterocycles. The fourth-order valence-corrected chi connectivity index (χ4v) is 3.30. The Bertz CT molecular complexity index is 859. The molecule has 2 aromatic rings. The summed E-state index contributed by atoms with van der Waals surface area (Å²) in [5.41, 5.74) is 2.40. The molecule has 2 N–H and O–H groups in total.